The fraction of sp³-hybridized carbons (Fsp3) is 0.105. The summed E-state index contributed by atoms with van der Waals surface area (Å²) < 4.78 is 12.8. The molecule has 1 aromatic heterocycles. The number of halogens is 1. The average Bonchev–Trinajstić information content (AvgIpc) is 2.67. The lowest BCUT2D eigenvalue weighted by molar-refractivity contribution is 0.240. The summed E-state index contributed by atoms with van der Waals surface area (Å²) in [6.07, 6.45) is 1.48. The summed E-state index contributed by atoms with van der Waals surface area (Å²) in [6, 6.07) is 17.3. The lowest BCUT2D eigenvalue weighted by Crippen LogP contribution is -2.34. The molecule has 0 saturated carbocycles. The van der Waals surface area contributed by atoms with Crippen LogP contribution in [0.25, 0.3) is 11.3 Å². The molecule has 0 atom stereocenters. The number of hydrogen-bond donors (Lipinski definition) is 2. The van der Waals surface area contributed by atoms with E-state index in [0.29, 0.717) is 12.2 Å². The number of aromatic nitrogens is 2. The summed E-state index contributed by atoms with van der Waals surface area (Å²) in [5.74, 6) is -0.300. The molecule has 0 aliphatic rings. The number of carbonyl (C=O) groups excluding carboxylic acids is 1. The highest BCUT2D eigenvalue weighted by Crippen LogP contribution is 2.15. The van der Waals surface area contributed by atoms with Gasteiger partial charge in [0.1, 0.15) is 12.1 Å². The maximum absolute atomic E-state index is 12.8. The Bertz CT molecular complexity index is 838. The molecule has 3 aromatic rings. The lowest BCUT2D eigenvalue weighted by Gasteiger charge is -2.08. The summed E-state index contributed by atoms with van der Waals surface area (Å²) >= 11 is 0. The highest BCUT2D eigenvalue weighted by Gasteiger charge is 2.04. The average molecular weight is 336 g/mol. The van der Waals surface area contributed by atoms with Crippen LogP contribution in [0.15, 0.2) is 67.0 Å². The van der Waals surface area contributed by atoms with E-state index >= 15 is 0 Å². The standard InChI is InChI=1S/C19H17FN4O/c20-16-8-6-14(7-9-16)11-21-19(25)22-12-17-10-18(24-13-23-17)15-4-2-1-3-5-15/h1-10,13H,11-12H2,(H2,21,22,25). The molecule has 0 saturated heterocycles. The Balaban J connectivity index is 1.53. The molecule has 126 valence electrons. The second-order valence-corrected chi connectivity index (χ2v) is 5.42. The number of amides is 2. The van der Waals surface area contributed by atoms with E-state index in [1.807, 2.05) is 36.4 Å². The first-order valence-corrected chi connectivity index (χ1v) is 7.83. The van der Waals surface area contributed by atoms with Crippen LogP contribution >= 0.6 is 0 Å². The van der Waals surface area contributed by atoms with Gasteiger partial charge in [0.25, 0.3) is 0 Å². The van der Waals surface area contributed by atoms with Gasteiger partial charge in [-0.15, -0.1) is 0 Å². The monoisotopic (exact) mass is 336 g/mol. The normalized spacial score (nSPS) is 10.3. The lowest BCUT2D eigenvalue weighted by atomic mass is 10.1. The number of urea groups is 1. The zero-order valence-corrected chi connectivity index (χ0v) is 13.4. The van der Waals surface area contributed by atoms with Crippen LogP contribution in [0.1, 0.15) is 11.3 Å². The molecule has 0 aliphatic heterocycles. The van der Waals surface area contributed by atoms with Gasteiger partial charge in [-0.05, 0) is 23.8 Å². The summed E-state index contributed by atoms with van der Waals surface area (Å²) in [5.41, 5.74) is 3.33. The Morgan fingerprint density at radius 1 is 0.920 bits per heavy atom. The molecule has 2 N–H and O–H groups in total. The minimum absolute atomic E-state index is 0.289. The molecule has 1 heterocycles. The van der Waals surface area contributed by atoms with Crippen molar-refractivity contribution in [2.75, 3.05) is 0 Å². The number of hydrogen-bond acceptors (Lipinski definition) is 3. The SMILES string of the molecule is O=C(NCc1ccc(F)cc1)NCc1cc(-c2ccccc2)ncn1. The molecule has 6 heteroatoms. The molecule has 5 nitrogen and oxygen atoms in total. The van der Waals surface area contributed by atoms with E-state index in [1.165, 1.54) is 18.5 Å². The zero-order valence-electron chi connectivity index (χ0n) is 13.4. The van der Waals surface area contributed by atoms with E-state index in [2.05, 4.69) is 20.6 Å². The summed E-state index contributed by atoms with van der Waals surface area (Å²) in [6.45, 7) is 0.614. The predicted molar refractivity (Wildman–Crippen MR) is 92.9 cm³/mol. The fourth-order valence-electron chi connectivity index (χ4n) is 2.28. The molecule has 2 amide bonds. The predicted octanol–water partition coefficient (Wildman–Crippen LogP) is 3.28. The number of benzene rings is 2. The van der Waals surface area contributed by atoms with Crippen molar-refractivity contribution in [2.45, 2.75) is 13.1 Å². The van der Waals surface area contributed by atoms with Gasteiger partial charge in [-0.1, -0.05) is 42.5 Å². The highest BCUT2D eigenvalue weighted by molar-refractivity contribution is 5.73. The van der Waals surface area contributed by atoms with E-state index in [0.717, 1.165) is 16.8 Å². The molecule has 3 rings (SSSR count). The molecule has 0 aliphatic carbocycles. The quantitative estimate of drug-likeness (QED) is 0.751. The Hall–Kier alpha value is -3.28. The van der Waals surface area contributed by atoms with E-state index < -0.39 is 0 Å². The van der Waals surface area contributed by atoms with Crippen LogP contribution in [0, 0.1) is 5.82 Å². The smallest absolute Gasteiger partial charge is 0.315 e. The first kappa shape index (κ1) is 16.6. The second-order valence-electron chi connectivity index (χ2n) is 5.42. The summed E-state index contributed by atoms with van der Waals surface area (Å²) in [4.78, 5) is 20.3. The van der Waals surface area contributed by atoms with Crippen LogP contribution in [0.3, 0.4) is 0 Å². The fourth-order valence-corrected chi connectivity index (χ4v) is 2.28. The van der Waals surface area contributed by atoms with Gasteiger partial charge in [0, 0.05) is 12.1 Å². The van der Waals surface area contributed by atoms with E-state index in [9.17, 15) is 9.18 Å². The number of nitrogens with one attached hydrogen (secondary N) is 2. The van der Waals surface area contributed by atoms with Crippen molar-refractivity contribution < 1.29 is 9.18 Å². The van der Waals surface area contributed by atoms with Crippen LogP contribution in [0.2, 0.25) is 0 Å². The Kier molecular flexibility index (Phi) is 5.31. The number of nitrogens with zero attached hydrogens (tertiary/aromatic N) is 2. The Morgan fingerprint density at radius 3 is 2.40 bits per heavy atom. The van der Waals surface area contributed by atoms with Crippen LogP contribution in [0.4, 0.5) is 9.18 Å². The van der Waals surface area contributed by atoms with Gasteiger partial charge < -0.3 is 10.6 Å². The molecule has 0 radical (unpaired) electrons. The van der Waals surface area contributed by atoms with Gasteiger partial charge >= 0.3 is 6.03 Å². The van der Waals surface area contributed by atoms with E-state index in [1.54, 1.807) is 12.1 Å². The molecule has 2 aromatic carbocycles. The molecule has 0 fully saturated rings. The number of rotatable bonds is 5. The van der Waals surface area contributed by atoms with Gasteiger partial charge in [-0.2, -0.15) is 0 Å². The molecule has 0 bridgehead atoms. The van der Waals surface area contributed by atoms with Crippen molar-refractivity contribution >= 4 is 6.03 Å². The van der Waals surface area contributed by atoms with Crippen LogP contribution < -0.4 is 10.6 Å². The largest absolute Gasteiger partial charge is 0.334 e. The van der Waals surface area contributed by atoms with Gasteiger partial charge in [0.2, 0.25) is 0 Å². The molecular formula is C19H17FN4O. The van der Waals surface area contributed by atoms with Crippen molar-refractivity contribution in [1.82, 2.24) is 20.6 Å². The van der Waals surface area contributed by atoms with Gasteiger partial charge in [0.15, 0.2) is 0 Å². The van der Waals surface area contributed by atoms with E-state index in [-0.39, 0.29) is 18.4 Å². The maximum atomic E-state index is 12.8. The molecule has 0 spiro atoms. The first-order valence-electron chi connectivity index (χ1n) is 7.83. The summed E-state index contributed by atoms with van der Waals surface area (Å²) in [7, 11) is 0. The second kappa shape index (κ2) is 8.01. The number of carbonyl (C=O) groups is 1. The topological polar surface area (TPSA) is 66.9 Å². The van der Waals surface area contributed by atoms with Crippen molar-refractivity contribution in [2.24, 2.45) is 0 Å². The van der Waals surface area contributed by atoms with Gasteiger partial charge in [0.05, 0.1) is 17.9 Å². The third kappa shape index (κ3) is 4.84. The maximum Gasteiger partial charge on any atom is 0.315 e. The third-order valence-electron chi connectivity index (χ3n) is 3.59. The van der Waals surface area contributed by atoms with Crippen molar-refractivity contribution in [3.05, 3.63) is 84.1 Å². The third-order valence-corrected chi connectivity index (χ3v) is 3.59. The molecule has 25 heavy (non-hydrogen) atoms. The van der Waals surface area contributed by atoms with Crippen LogP contribution in [0.5, 0.6) is 0 Å². The minimum Gasteiger partial charge on any atom is -0.334 e. The highest BCUT2D eigenvalue weighted by atomic mass is 19.1. The Labute approximate surface area is 145 Å². The van der Waals surface area contributed by atoms with Crippen molar-refractivity contribution in [3.63, 3.8) is 0 Å². The first-order chi connectivity index (χ1) is 12.2. The zero-order chi connectivity index (χ0) is 17.5. The molecular weight excluding hydrogens is 319 g/mol. The van der Waals surface area contributed by atoms with Gasteiger partial charge in [-0.3, -0.25) is 0 Å². The van der Waals surface area contributed by atoms with Crippen LogP contribution in [-0.4, -0.2) is 16.0 Å². The van der Waals surface area contributed by atoms with Crippen molar-refractivity contribution in [3.8, 4) is 11.3 Å². The minimum atomic E-state index is -0.316. The van der Waals surface area contributed by atoms with Crippen LogP contribution in [-0.2, 0) is 13.1 Å². The summed E-state index contributed by atoms with van der Waals surface area (Å²) in [5, 5.41) is 5.46. The Morgan fingerprint density at radius 2 is 1.64 bits per heavy atom. The van der Waals surface area contributed by atoms with Gasteiger partial charge in [-0.25, -0.2) is 19.2 Å². The molecule has 0 unspecified atom stereocenters. The van der Waals surface area contributed by atoms with E-state index in [4.69, 9.17) is 0 Å². The van der Waals surface area contributed by atoms with Crippen molar-refractivity contribution in [1.29, 1.82) is 0 Å².